The average Bonchev–Trinajstić information content (AvgIpc) is 3.02. The van der Waals surface area contributed by atoms with Crippen molar-refractivity contribution in [2.75, 3.05) is 6.54 Å². The number of nitrogens with one attached hydrogen (secondary N) is 1. The van der Waals surface area contributed by atoms with Crippen molar-refractivity contribution in [1.82, 2.24) is 5.32 Å². The molecule has 0 unspecified atom stereocenters. The fourth-order valence-corrected chi connectivity index (χ4v) is 3.55. The van der Waals surface area contributed by atoms with Gasteiger partial charge in [0.05, 0.1) is 0 Å². The lowest BCUT2D eigenvalue weighted by Crippen LogP contribution is -2.24. The summed E-state index contributed by atoms with van der Waals surface area (Å²) in [5.74, 6) is 0.507. The number of aryl methyl sites for hydroxylation is 1. The van der Waals surface area contributed by atoms with Gasteiger partial charge in [-0.3, -0.25) is 4.79 Å². The molecule has 118 valence electrons. The molecule has 0 spiro atoms. The Hall–Kier alpha value is -1.34. The van der Waals surface area contributed by atoms with E-state index >= 15 is 0 Å². The number of sulfonamides is 1. The minimum atomic E-state index is -3.86. The first kappa shape index (κ1) is 16.0. The number of hydrogen-bond acceptors (Lipinski definition) is 4. The van der Waals surface area contributed by atoms with E-state index in [-0.39, 0.29) is 16.4 Å². The molecule has 1 aliphatic rings. The summed E-state index contributed by atoms with van der Waals surface area (Å²) in [7, 11) is -3.86. The summed E-state index contributed by atoms with van der Waals surface area (Å²) in [6.45, 7) is 2.04. The number of carbonyl (C=O) groups is 1. The smallest absolute Gasteiger partial charge is 0.287 e. The predicted octanol–water partition coefficient (Wildman–Crippen LogP) is 1.94. The summed E-state index contributed by atoms with van der Waals surface area (Å²) in [5, 5.41) is 7.79. The van der Waals surface area contributed by atoms with E-state index in [9.17, 15) is 13.2 Å². The molecule has 1 aromatic heterocycles. The summed E-state index contributed by atoms with van der Waals surface area (Å²) >= 11 is 0. The normalized spacial score (nSPS) is 16.3. The van der Waals surface area contributed by atoms with Gasteiger partial charge in [0.2, 0.25) is 10.0 Å². The van der Waals surface area contributed by atoms with Crippen LogP contribution in [0.4, 0.5) is 0 Å². The van der Waals surface area contributed by atoms with E-state index in [1.54, 1.807) is 0 Å². The molecule has 1 aliphatic carbocycles. The maximum absolute atomic E-state index is 11.9. The third kappa shape index (κ3) is 4.31. The van der Waals surface area contributed by atoms with Crippen molar-refractivity contribution in [1.29, 1.82) is 0 Å². The zero-order valence-corrected chi connectivity index (χ0v) is 13.0. The van der Waals surface area contributed by atoms with Gasteiger partial charge in [-0.2, -0.15) is 0 Å². The first-order valence-electron chi connectivity index (χ1n) is 7.29. The molecule has 0 bridgehead atoms. The highest BCUT2D eigenvalue weighted by molar-refractivity contribution is 7.89. The third-order valence-corrected chi connectivity index (χ3v) is 4.97. The molecule has 0 atom stereocenters. The highest BCUT2D eigenvalue weighted by Crippen LogP contribution is 2.28. The molecule has 1 heterocycles. The summed E-state index contributed by atoms with van der Waals surface area (Å²) in [6, 6.07) is 1.18. The van der Waals surface area contributed by atoms with Crippen LogP contribution in [0.5, 0.6) is 0 Å². The minimum Gasteiger partial charge on any atom is -0.455 e. The van der Waals surface area contributed by atoms with E-state index < -0.39 is 15.9 Å². The first-order valence-corrected chi connectivity index (χ1v) is 8.84. The molecule has 1 fully saturated rings. The van der Waals surface area contributed by atoms with Crippen molar-refractivity contribution >= 4 is 15.9 Å². The quantitative estimate of drug-likeness (QED) is 0.783. The summed E-state index contributed by atoms with van der Waals surface area (Å²) in [4.78, 5) is 11.8. The Labute approximate surface area is 125 Å². The van der Waals surface area contributed by atoms with E-state index in [4.69, 9.17) is 9.56 Å². The van der Waals surface area contributed by atoms with Crippen molar-refractivity contribution in [2.24, 2.45) is 11.1 Å². The van der Waals surface area contributed by atoms with Crippen LogP contribution in [0.3, 0.4) is 0 Å². The molecule has 7 heteroatoms. The van der Waals surface area contributed by atoms with Crippen LogP contribution < -0.4 is 10.5 Å². The number of amides is 1. The fourth-order valence-electron chi connectivity index (χ4n) is 2.84. The summed E-state index contributed by atoms with van der Waals surface area (Å²) in [5.41, 5.74) is 0. The zero-order valence-electron chi connectivity index (χ0n) is 12.2. The SMILES string of the molecule is Cc1oc(C(=O)NCCCC2CCCC2)cc1S(N)(=O)=O. The Kier molecular flexibility index (Phi) is 5.05. The van der Waals surface area contributed by atoms with Crippen LogP contribution in [-0.2, 0) is 10.0 Å². The third-order valence-electron chi connectivity index (χ3n) is 3.95. The van der Waals surface area contributed by atoms with Gasteiger partial charge >= 0.3 is 0 Å². The van der Waals surface area contributed by atoms with Gasteiger partial charge in [0.25, 0.3) is 5.91 Å². The lowest BCUT2D eigenvalue weighted by Gasteiger charge is -2.08. The lowest BCUT2D eigenvalue weighted by molar-refractivity contribution is 0.0923. The van der Waals surface area contributed by atoms with Crippen LogP contribution >= 0.6 is 0 Å². The van der Waals surface area contributed by atoms with E-state index in [1.165, 1.54) is 38.7 Å². The average molecular weight is 314 g/mol. The maximum Gasteiger partial charge on any atom is 0.287 e. The Morgan fingerprint density at radius 1 is 1.43 bits per heavy atom. The zero-order chi connectivity index (χ0) is 15.5. The molecule has 1 aromatic rings. The van der Waals surface area contributed by atoms with Gasteiger partial charge in [-0.1, -0.05) is 25.7 Å². The molecule has 1 amide bonds. The fraction of sp³-hybridized carbons (Fsp3) is 0.643. The molecule has 0 radical (unpaired) electrons. The number of hydrogen-bond donors (Lipinski definition) is 2. The van der Waals surface area contributed by atoms with Crippen LogP contribution in [0, 0.1) is 12.8 Å². The molecule has 21 heavy (non-hydrogen) atoms. The van der Waals surface area contributed by atoms with Crippen molar-refractivity contribution in [3.05, 3.63) is 17.6 Å². The largest absolute Gasteiger partial charge is 0.455 e. The topological polar surface area (TPSA) is 102 Å². The highest BCUT2D eigenvalue weighted by atomic mass is 32.2. The molecule has 0 aliphatic heterocycles. The molecular weight excluding hydrogens is 292 g/mol. The van der Waals surface area contributed by atoms with E-state index in [0.29, 0.717) is 6.54 Å². The summed E-state index contributed by atoms with van der Waals surface area (Å²) in [6.07, 6.45) is 7.28. The number of primary sulfonamides is 1. The van der Waals surface area contributed by atoms with Crippen LogP contribution in [0.25, 0.3) is 0 Å². The van der Waals surface area contributed by atoms with Crippen molar-refractivity contribution in [3.8, 4) is 0 Å². The van der Waals surface area contributed by atoms with Gasteiger partial charge in [0.15, 0.2) is 5.76 Å². The molecule has 1 saturated carbocycles. The van der Waals surface area contributed by atoms with E-state index in [0.717, 1.165) is 18.8 Å². The molecule has 3 N–H and O–H groups in total. The second-order valence-electron chi connectivity index (χ2n) is 5.62. The Morgan fingerprint density at radius 2 is 2.10 bits per heavy atom. The van der Waals surface area contributed by atoms with Gasteiger partial charge in [-0.15, -0.1) is 0 Å². The predicted molar refractivity (Wildman–Crippen MR) is 78.3 cm³/mol. The van der Waals surface area contributed by atoms with Crippen molar-refractivity contribution in [2.45, 2.75) is 50.3 Å². The Balaban J connectivity index is 1.83. The molecule has 0 aromatic carbocycles. The van der Waals surface area contributed by atoms with Crippen LogP contribution in [0.1, 0.15) is 54.8 Å². The van der Waals surface area contributed by atoms with Crippen LogP contribution in [0.15, 0.2) is 15.4 Å². The van der Waals surface area contributed by atoms with Crippen molar-refractivity contribution in [3.63, 3.8) is 0 Å². The molecule has 6 nitrogen and oxygen atoms in total. The van der Waals surface area contributed by atoms with E-state index in [1.807, 2.05) is 0 Å². The van der Waals surface area contributed by atoms with E-state index in [2.05, 4.69) is 5.32 Å². The van der Waals surface area contributed by atoms with Crippen LogP contribution in [-0.4, -0.2) is 20.9 Å². The maximum atomic E-state index is 11.9. The van der Waals surface area contributed by atoms with Gasteiger partial charge in [0.1, 0.15) is 10.7 Å². The number of rotatable bonds is 6. The monoisotopic (exact) mass is 314 g/mol. The number of carbonyl (C=O) groups excluding carboxylic acids is 1. The van der Waals surface area contributed by atoms with Crippen molar-refractivity contribution < 1.29 is 17.6 Å². The molecule has 2 rings (SSSR count). The highest BCUT2D eigenvalue weighted by Gasteiger charge is 2.21. The van der Waals surface area contributed by atoms with Gasteiger partial charge in [0, 0.05) is 12.6 Å². The minimum absolute atomic E-state index is 0.0163. The first-order chi connectivity index (χ1) is 9.88. The Bertz CT molecular complexity index is 600. The Morgan fingerprint density at radius 3 is 2.67 bits per heavy atom. The molecule has 0 saturated heterocycles. The second kappa shape index (κ2) is 6.62. The van der Waals surface area contributed by atoms with Gasteiger partial charge in [-0.05, 0) is 25.7 Å². The van der Waals surface area contributed by atoms with Crippen LogP contribution in [0.2, 0.25) is 0 Å². The lowest BCUT2D eigenvalue weighted by atomic mass is 10.0. The standard InChI is InChI=1S/C14H22N2O4S/c1-10-13(21(15,18)19)9-12(20-10)14(17)16-8-4-7-11-5-2-3-6-11/h9,11H,2-8H2,1H3,(H,16,17)(H2,15,18,19). The van der Waals surface area contributed by atoms with Gasteiger partial charge in [-0.25, -0.2) is 13.6 Å². The molecular formula is C14H22N2O4S. The summed E-state index contributed by atoms with van der Waals surface area (Å²) < 4.78 is 27.7. The number of nitrogens with two attached hydrogens (primary N) is 1. The number of furan rings is 1. The van der Waals surface area contributed by atoms with Gasteiger partial charge < -0.3 is 9.73 Å². The second-order valence-corrected chi connectivity index (χ2v) is 7.15.